The Morgan fingerprint density at radius 2 is 1.19 bits per heavy atom. The van der Waals surface area contributed by atoms with Crippen LogP contribution >= 0.6 is 0 Å². The number of benzene rings is 2. The average Bonchev–Trinajstić information content (AvgIpc) is 2.53. The van der Waals surface area contributed by atoms with E-state index in [1.807, 2.05) is 61.5 Å². The van der Waals surface area contributed by atoms with E-state index in [-0.39, 0.29) is 5.78 Å². The van der Waals surface area contributed by atoms with Crippen molar-refractivity contribution in [2.45, 2.75) is 45.8 Å². The summed E-state index contributed by atoms with van der Waals surface area (Å²) in [5.41, 5.74) is 0.584. The quantitative estimate of drug-likeness (QED) is 0.411. The van der Waals surface area contributed by atoms with E-state index in [2.05, 4.69) is 0 Å². The number of rotatable bonds is 3. The minimum atomic E-state index is -2.17. The number of hydrogen-bond acceptors (Lipinski definition) is 6. The molecule has 0 bridgehead atoms. The highest BCUT2D eigenvalue weighted by molar-refractivity contribution is 6.30. The SMILES string of the molecule is CC(C)(O)C(C)(C)O.Cc1cccc(C(=O)c2ccccc2)c1.OB(O)O. The number of carbonyl (C=O) groups is 1. The molecule has 148 valence electrons. The van der Waals surface area contributed by atoms with Gasteiger partial charge in [0.15, 0.2) is 5.78 Å². The molecule has 0 saturated carbocycles. The van der Waals surface area contributed by atoms with Crippen LogP contribution in [0.2, 0.25) is 0 Å². The van der Waals surface area contributed by atoms with Gasteiger partial charge in [0, 0.05) is 11.1 Å². The lowest BCUT2D eigenvalue weighted by atomic mass is 9.90. The molecule has 0 radical (unpaired) electrons. The molecule has 0 aliphatic rings. The molecule has 0 spiro atoms. The van der Waals surface area contributed by atoms with E-state index in [0.29, 0.717) is 0 Å². The summed E-state index contributed by atoms with van der Waals surface area (Å²) >= 11 is 0. The fraction of sp³-hybridized carbons (Fsp3) is 0.350. The van der Waals surface area contributed by atoms with Gasteiger partial charge < -0.3 is 25.3 Å². The lowest BCUT2D eigenvalue weighted by molar-refractivity contribution is -0.107. The van der Waals surface area contributed by atoms with Crippen molar-refractivity contribution in [3.05, 3.63) is 71.3 Å². The van der Waals surface area contributed by atoms with Gasteiger partial charge in [-0.3, -0.25) is 4.79 Å². The van der Waals surface area contributed by atoms with Gasteiger partial charge in [0.2, 0.25) is 0 Å². The monoisotopic (exact) mass is 376 g/mol. The van der Waals surface area contributed by atoms with E-state index in [1.54, 1.807) is 27.7 Å². The van der Waals surface area contributed by atoms with Gasteiger partial charge in [-0.25, -0.2) is 0 Å². The van der Waals surface area contributed by atoms with Crippen molar-refractivity contribution in [2.24, 2.45) is 0 Å². The van der Waals surface area contributed by atoms with Gasteiger partial charge in [-0.15, -0.1) is 0 Å². The van der Waals surface area contributed by atoms with Crippen molar-refractivity contribution >= 4 is 13.1 Å². The Bertz CT molecular complexity index is 673. The molecule has 0 aliphatic carbocycles. The van der Waals surface area contributed by atoms with Crippen LogP contribution in [0.4, 0.5) is 0 Å². The van der Waals surface area contributed by atoms with E-state index in [1.165, 1.54) is 0 Å². The highest BCUT2D eigenvalue weighted by atomic mass is 16.5. The Balaban J connectivity index is 0.000000476. The van der Waals surface area contributed by atoms with Crippen molar-refractivity contribution < 1.29 is 30.1 Å². The molecule has 5 N–H and O–H groups in total. The zero-order valence-electron chi connectivity index (χ0n) is 16.4. The van der Waals surface area contributed by atoms with Gasteiger partial charge in [0.05, 0.1) is 11.2 Å². The third kappa shape index (κ3) is 10.6. The predicted molar refractivity (Wildman–Crippen MR) is 106 cm³/mol. The molecule has 0 atom stereocenters. The summed E-state index contributed by atoms with van der Waals surface area (Å²) in [6.45, 7) is 8.29. The van der Waals surface area contributed by atoms with E-state index in [0.717, 1.165) is 16.7 Å². The number of hydrogen-bond donors (Lipinski definition) is 5. The first kappa shape index (κ1) is 25.0. The van der Waals surface area contributed by atoms with E-state index < -0.39 is 18.5 Å². The van der Waals surface area contributed by atoms with Crippen molar-refractivity contribution in [2.75, 3.05) is 0 Å². The van der Waals surface area contributed by atoms with Crippen molar-refractivity contribution in [1.29, 1.82) is 0 Å². The van der Waals surface area contributed by atoms with Gasteiger partial charge in [0.1, 0.15) is 0 Å². The van der Waals surface area contributed by atoms with Gasteiger partial charge in [0.25, 0.3) is 0 Å². The van der Waals surface area contributed by atoms with E-state index in [4.69, 9.17) is 25.3 Å². The molecule has 0 saturated heterocycles. The predicted octanol–water partition coefficient (Wildman–Crippen LogP) is 1.70. The molecule has 6 nitrogen and oxygen atoms in total. The first-order valence-corrected chi connectivity index (χ1v) is 8.41. The minimum Gasteiger partial charge on any atom is -0.402 e. The fourth-order valence-corrected chi connectivity index (χ4v) is 1.54. The fourth-order valence-electron chi connectivity index (χ4n) is 1.54. The second-order valence-corrected chi connectivity index (χ2v) is 7.03. The Kier molecular flexibility index (Phi) is 10.1. The number of ketones is 1. The Hall–Kier alpha value is -2.03. The normalized spacial score (nSPS) is 10.7. The molecule has 0 fully saturated rings. The lowest BCUT2D eigenvalue weighted by Gasteiger charge is -2.31. The van der Waals surface area contributed by atoms with Gasteiger partial charge in [-0.2, -0.15) is 0 Å². The van der Waals surface area contributed by atoms with Gasteiger partial charge in [-0.05, 0) is 40.7 Å². The molecule has 7 heteroatoms. The molecular formula is C20H29BO6. The first-order valence-electron chi connectivity index (χ1n) is 8.41. The Labute approximate surface area is 160 Å². The molecule has 27 heavy (non-hydrogen) atoms. The highest BCUT2D eigenvalue weighted by Crippen LogP contribution is 2.19. The zero-order valence-corrected chi connectivity index (χ0v) is 16.4. The molecule has 2 rings (SSSR count). The standard InChI is InChI=1S/C14H12O.C6H14O2.BH3O3/c1-11-6-5-9-13(10-11)14(15)12-7-3-2-4-8-12;1-5(2,7)6(3,4)8;2-1(3)4/h2-10H,1H3;7-8H,1-4H3;2-4H. The molecule has 0 heterocycles. The number of aliphatic hydroxyl groups is 2. The maximum Gasteiger partial charge on any atom is 0.631 e. The summed E-state index contributed by atoms with van der Waals surface area (Å²) in [7, 11) is -2.17. The summed E-state index contributed by atoms with van der Waals surface area (Å²) in [5, 5.41) is 39.7. The second-order valence-electron chi connectivity index (χ2n) is 7.03. The van der Waals surface area contributed by atoms with Gasteiger partial charge in [-0.1, -0.05) is 54.1 Å². The molecule has 2 aromatic carbocycles. The number of carbonyl (C=O) groups excluding carboxylic acids is 1. The molecule has 0 unspecified atom stereocenters. The van der Waals surface area contributed by atoms with Crippen LogP contribution in [0.15, 0.2) is 54.6 Å². The maximum atomic E-state index is 12.0. The van der Waals surface area contributed by atoms with Crippen LogP contribution in [-0.4, -0.2) is 49.6 Å². The minimum absolute atomic E-state index is 0.0827. The molecule has 0 aromatic heterocycles. The second kappa shape index (κ2) is 11.0. The van der Waals surface area contributed by atoms with Crippen LogP contribution in [-0.2, 0) is 0 Å². The largest absolute Gasteiger partial charge is 0.631 e. The van der Waals surface area contributed by atoms with Crippen LogP contribution in [0.25, 0.3) is 0 Å². The summed E-state index contributed by atoms with van der Waals surface area (Å²) < 4.78 is 0. The third-order valence-corrected chi connectivity index (χ3v) is 3.81. The lowest BCUT2D eigenvalue weighted by Crippen LogP contribution is -2.44. The smallest absolute Gasteiger partial charge is 0.402 e. The van der Waals surface area contributed by atoms with Crippen LogP contribution in [0.3, 0.4) is 0 Å². The van der Waals surface area contributed by atoms with Crippen molar-refractivity contribution in [1.82, 2.24) is 0 Å². The molecule has 0 aliphatic heterocycles. The van der Waals surface area contributed by atoms with Crippen LogP contribution in [0.5, 0.6) is 0 Å². The van der Waals surface area contributed by atoms with Crippen LogP contribution < -0.4 is 0 Å². The van der Waals surface area contributed by atoms with Crippen molar-refractivity contribution in [3.63, 3.8) is 0 Å². The zero-order chi connectivity index (χ0) is 21.3. The Morgan fingerprint density at radius 3 is 1.56 bits per heavy atom. The van der Waals surface area contributed by atoms with Crippen molar-refractivity contribution in [3.8, 4) is 0 Å². The molecule has 0 amide bonds. The summed E-state index contributed by atoms with van der Waals surface area (Å²) in [4.78, 5) is 12.0. The molecular weight excluding hydrogens is 347 g/mol. The third-order valence-electron chi connectivity index (χ3n) is 3.81. The van der Waals surface area contributed by atoms with Crippen LogP contribution in [0.1, 0.15) is 49.2 Å². The van der Waals surface area contributed by atoms with Gasteiger partial charge >= 0.3 is 7.32 Å². The molecule has 2 aromatic rings. The Morgan fingerprint density at radius 1 is 0.778 bits per heavy atom. The highest BCUT2D eigenvalue weighted by Gasteiger charge is 2.31. The average molecular weight is 376 g/mol. The maximum absolute atomic E-state index is 12.0. The van der Waals surface area contributed by atoms with E-state index in [9.17, 15) is 4.79 Å². The number of aryl methyl sites for hydroxylation is 1. The summed E-state index contributed by atoms with van der Waals surface area (Å²) in [6.07, 6.45) is 0. The van der Waals surface area contributed by atoms with Crippen LogP contribution in [0, 0.1) is 6.92 Å². The summed E-state index contributed by atoms with van der Waals surface area (Å²) in [6, 6.07) is 17.0. The summed E-state index contributed by atoms with van der Waals surface area (Å²) in [5.74, 6) is 0.0827. The van der Waals surface area contributed by atoms with E-state index >= 15 is 0 Å². The first-order chi connectivity index (χ1) is 12.3. The topological polar surface area (TPSA) is 118 Å².